The van der Waals surface area contributed by atoms with Crippen LogP contribution in [0.2, 0.25) is 0 Å². The smallest absolute Gasteiger partial charge is 0.330 e. The van der Waals surface area contributed by atoms with E-state index in [0.29, 0.717) is 30.2 Å². The molecular formula is C20H17N5O2. The average Bonchev–Trinajstić information content (AvgIpc) is 2.69. The summed E-state index contributed by atoms with van der Waals surface area (Å²) in [6, 6.07) is 14.0. The Hall–Kier alpha value is -3.74. The molecule has 4 rings (SSSR count). The Labute approximate surface area is 156 Å². The quantitative estimate of drug-likeness (QED) is 0.775. The van der Waals surface area contributed by atoms with E-state index >= 15 is 0 Å². The van der Waals surface area contributed by atoms with Crippen LogP contribution in [0, 0.1) is 0 Å². The van der Waals surface area contributed by atoms with Crippen molar-refractivity contribution in [3.05, 3.63) is 83.8 Å². The average molecular weight is 359 g/mol. The molecule has 134 valence electrons. The summed E-state index contributed by atoms with van der Waals surface area (Å²) in [4.78, 5) is 36.5. The van der Waals surface area contributed by atoms with E-state index in [1.54, 1.807) is 47.8 Å². The van der Waals surface area contributed by atoms with E-state index in [1.807, 2.05) is 24.3 Å². The lowest BCUT2D eigenvalue weighted by Gasteiger charge is -2.36. The molecule has 2 aromatic heterocycles. The molecule has 0 fully saturated rings. The zero-order valence-corrected chi connectivity index (χ0v) is 14.4. The van der Waals surface area contributed by atoms with Crippen LogP contribution >= 0.6 is 0 Å². The molecule has 3 heterocycles. The van der Waals surface area contributed by atoms with Crippen LogP contribution in [0.3, 0.4) is 0 Å². The largest absolute Gasteiger partial charge is 0.366 e. The van der Waals surface area contributed by atoms with Gasteiger partial charge in [0.2, 0.25) is 5.91 Å². The summed E-state index contributed by atoms with van der Waals surface area (Å²) >= 11 is 0. The number of urea groups is 1. The van der Waals surface area contributed by atoms with Gasteiger partial charge in [-0.05, 0) is 35.9 Å². The van der Waals surface area contributed by atoms with Crippen LogP contribution < -0.4 is 10.6 Å². The molecule has 1 aromatic carbocycles. The van der Waals surface area contributed by atoms with Crippen molar-refractivity contribution in [3.63, 3.8) is 0 Å². The molecule has 7 heteroatoms. The first kappa shape index (κ1) is 16.7. The van der Waals surface area contributed by atoms with Crippen molar-refractivity contribution in [2.75, 3.05) is 4.90 Å². The number of aromatic nitrogens is 2. The molecule has 3 amide bonds. The fraction of sp³-hybridized carbons (Fsp3) is 0.100. The summed E-state index contributed by atoms with van der Waals surface area (Å²) in [7, 11) is 0. The van der Waals surface area contributed by atoms with Gasteiger partial charge in [0.1, 0.15) is 5.82 Å². The number of fused-ring (bicyclic) bond motifs is 1. The number of hydrogen-bond acceptors (Lipinski definition) is 4. The van der Waals surface area contributed by atoms with Gasteiger partial charge in [-0.3, -0.25) is 9.78 Å². The topological polar surface area (TPSA) is 92.4 Å². The minimum Gasteiger partial charge on any atom is -0.366 e. The zero-order chi connectivity index (χ0) is 18.8. The van der Waals surface area contributed by atoms with Gasteiger partial charge in [-0.1, -0.05) is 18.2 Å². The van der Waals surface area contributed by atoms with Gasteiger partial charge in [0.25, 0.3) is 0 Å². The van der Waals surface area contributed by atoms with Gasteiger partial charge in [-0.2, -0.15) is 0 Å². The first-order valence-electron chi connectivity index (χ1n) is 8.45. The number of nitrogens with zero attached hydrogens (tertiary/aromatic N) is 4. The second kappa shape index (κ2) is 6.87. The SMILES string of the molecule is NC(=O)c1cccc(N2C(=O)N(Cc3cccnc3)Cc3cccnc32)c1. The van der Waals surface area contributed by atoms with E-state index < -0.39 is 5.91 Å². The molecular weight excluding hydrogens is 342 g/mol. The number of pyridine rings is 2. The number of carbonyl (C=O) groups is 2. The third kappa shape index (κ3) is 3.22. The maximum absolute atomic E-state index is 13.2. The summed E-state index contributed by atoms with van der Waals surface area (Å²) in [5.74, 6) is 0.0151. The van der Waals surface area contributed by atoms with Crippen molar-refractivity contribution in [2.45, 2.75) is 13.1 Å². The second-order valence-corrected chi connectivity index (χ2v) is 6.24. The van der Waals surface area contributed by atoms with E-state index in [1.165, 1.54) is 4.90 Å². The highest BCUT2D eigenvalue weighted by Crippen LogP contribution is 2.34. The van der Waals surface area contributed by atoms with Crippen LogP contribution in [0.25, 0.3) is 0 Å². The minimum atomic E-state index is -0.547. The first-order chi connectivity index (χ1) is 13.1. The van der Waals surface area contributed by atoms with Crippen LogP contribution in [0.15, 0.2) is 67.1 Å². The number of rotatable bonds is 4. The molecule has 0 radical (unpaired) electrons. The molecule has 0 saturated carbocycles. The standard InChI is InChI=1S/C20H17N5O2/c21-18(26)15-5-1-7-17(10-15)25-19-16(6-3-9-23-19)13-24(20(25)27)12-14-4-2-8-22-11-14/h1-11H,12-13H2,(H2,21,26). The van der Waals surface area contributed by atoms with Gasteiger partial charge in [-0.15, -0.1) is 0 Å². The molecule has 3 aromatic rings. The molecule has 0 bridgehead atoms. The van der Waals surface area contributed by atoms with E-state index in [2.05, 4.69) is 9.97 Å². The lowest BCUT2D eigenvalue weighted by molar-refractivity contribution is 0.1000. The minimum absolute atomic E-state index is 0.216. The monoisotopic (exact) mass is 359 g/mol. The molecule has 0 unspecified atom stereocenters. The maximum atomic E-state index is 13.2. The van der Waals surface area contributed by atoms with E-state index in [-0.39, 0.29) is 6.03 Å². The predicted octanol–water partition coefficient (Wildman–Crippen LogP) is 2.85. The molecule has 2 N–H and O–H groups in total. The molecule has 7 nitrogen and oxygen atoms in total. The van der Waals surface area contributed by atoms with Gasteiger partial charge in [-0.25, -0.2) is 14.7 Å². The summed E-state index contributed by atoms with van der Waals surface area (Å²) < 4.78 is 0. The Kier molecular flexibility index (Phi) is 4.25. The Balaban J connectivity index is 1.76. The fourth-order valence-corrected chi connectivity index (χ4v) is 3.13. The highest BCUT2D eigenvalue weighted by Gasteiger charge is 2.32. The summed E-state index contributed by atoms with van der Waals surface area (Å²) in [6.45, 7) is 0.871. The Morgan fingerprint density at radius 1 is 1.11 bits per heavy atom. The van der Waals surface area contributed by atoms with Crippen LogP contribution in [0.5, 0.6) is 0 Å². The fourth-order valence-electron chi connectivity index (χ4n) is 3.13. The molecule has 0 spiro atoms. The van der Waals surface area contributed by atoms with Gasteiger partial charge in [0, 0.05) is 36.3 Å². The third-order valence-electron chi connectivity index (χ3n) is 4.39. The Morgan fingerprint density at radius 3 is 2.74 bits per heavy atom. The molecule has 1 aliphatic heterocycles. The van der Waals surface area contributed by atoms with Crippen molar-refractivity contribution in [1.29, 1.82) is 0 Å². The van der Waals surface area contributed by atoms with Crippen LogP contribution in [-0.4, -0.2) is 26.8 Å². The molecule has 0 saturated heterocycles. The van der Waals surface area contributed by atoms with Gasteiger partial charge in [0.05, 0.1) is 12.2 Å². The number of primary amides is 1. The zero-order valence-electron chi connectivity index (χ0n) is 14.4. The van der Waals surface area contributed by atoms with Gasteiger partial charge >= 0.3 is 6.03 Å². The predicted molar refractivity (Wildman–Crippen MR) is 100 cm³/mol. The molecule has 0 aliphatic carbocycles. The second-order valence-electron chi connectivity index (χ2n) is 6.24. The number of nitrogens with two attached hydrogens (primary N) is 1. The van der Waals surface area contributed by atoms with E-state index in [9.17, 15) is 9.59 Å². The summed E-state index contributed by atoms with van der Waals surface area (Å²) in [5.41, 5.74) is 8.14. The van der Waals surface area contributed by atoms with E-state index in [0.717, 1.165) is 11.1 Å². The van der Waals surface area contributed by atoms with E-state index in [4.69, 9.17) is 5.73 Å². The first-order valence-corrected chi connectivity index (χ1v) is 8.45. The highest BCUT2D eigenvalue weighted by atomic mass is 16.2. The number of hydrogen-bond donors (Lipinski definition) is 1. The van der Waals surface area contributed by atoms with Crippen molar-refractivity contribution in [1.82, 2.24) is 14.9 Å². The molecule has 1 aliphatic rings. The highest BCUT2D eigenvalue weighted by molar-refractivity contribution is 6.02. The Bertz CT molecular complexity index is 1010. The van der Waals surface area contributed by atoms with Crippen molar-refractivity contribution < 1.29 is 9.59 Å². The number of benzene rings is 1. The lowest BCUT2D eigenvalue weighted by Crippen LogP contribution is -2.44. The van der Waals surface area contributed by atoms with Crippen LogP contribution in [0.4, 0.5) is 16.3 Å². The van der Waals surface area contributed by atoms with Gasteiger partial charge < -0.3 is 10.6 Å². The summed E-state index contributed by atoms with van der Waals surface area (Å²) in [6.07, 6.45) is 5.08. The number of anilines is 2. The number of carbonyl (C=O) groups excluding carboxylic acids is 2. The lowest BCUT2D eigenvalue weighted by atomic mass is 10.1. The van der Waals surface area contributed by atoms with Crippen LogP contribution in [0.1, 0.15) is 21.5 Å². The normalized spacial score (nSPS) is 13.4. The third-order valence-corrected chi connectivity index (χ3v) is 4.39. The summed E-state index contributed by atoms with van der Waals surface area (Å²) in [5, 5.41) is 0. The van der Waals surface area contributed by atoms with Crippen molar-refractivity contribution in [3.8, 4) is 0 Å². The molecule has 0 atom stereocenters. The van der Waals surface area contributed by atoms with Crippen molar-refractivity contribution in [2.24, 2.45) is 5.73 Å². The van der Waals surface area contributed by atoms with Gasteiger partial charge in [0.15, 0.2) is 0 Å². The maximum Gasteiger partial charge on any atom is 0.330 e. The van der Waals surface area contributed by atoms with Crippen molar-refractivity contribution >= 4 is 23.4 Å². The van der Waals surface area contributed by atoms with Crippen LogP contribution in [-0.2, 0) is 13.1 Å². The Morgan fingerprint density at radius 2 is 1.96 bits per heavy atom. The number of amides is 3. The molecule has 27 heavy (non-hydrogen) atoms.